The number of anilines is 2. The minimum Gasteiger partial charge on any atom is -0.397 e. The molecule has 0 saturated carbocycles. The van der Waals surface area contributed by atoms with Gasteiger partial charge in [-0.2, -0.15) is 0 Å². The topological polar surface area (TPSA) is 123 Å². The van der Waals surface area contributed by atoms with Crippen molar-refractivity contribution in [2.45, 2.75) is 44.7 Å². The standard InChI is InChI=1S/C22H25F2N7OS/c1-10-2-4-13-17(26)18(33-21(13)28-10)20(32)29-12-3-5-16-11(6-12)7-27-22(30-16)31-8-14(19(23)24)15(25)9-31/h2,4,7,12,14-15,19H,3,5-6,8-9,25-26H2,1H3,(H,29,32)/t12-,14+,15+/m1/s1. The van der Waals surface area contributed by atoms with Gasteiger partial charge in [-0.3, -0.25) is 4.79 Å². The molecule has 4 heterocycles. The molecule has 3 aromatic heterocycles. The Bertz CT molecular complexity index is 1220. The molecule has 1 fully saturated rings. The summed E-state index contributed by atoms with van der Waals surface area (Å²) in [4.78, 5) is 29.4. The second-order valence-corrected chi connectivity index (χ2v) is 9.77. The van der Waals surface area contributed by atoms with E-state index in [9.17, 15) is 13.6 Å². The number of halogens is 2. The first-order chi connectivity index (χ1) is 15.8. The van der Waals surface area contributed by atoms with Gasteiger partial charge in [0.1, 0.15) is 9.71 Å². The van der Waals surface area contributed by atoms with E-state index in [0.29, 0.717) is 35.9 Å². The van der Waals surface area contributed by atoms with Crippen LogP contribution in [-0.2, 0) is 12.8 Å². The number of carbonyl (C=O) groups excluding carboxylic acids is 1. The lowest BCUT2D eigenvalue weighted by molar-refractivity contribution is 0.0804. The Morgan fingerprint density at radius 1 is 1.30 bits per heavy atom. The van der Waals surface area contributed by atoms with E-state index in [1.165, 1.54) is 11.3 Å². The highest BCUT2D eigenvalue weighted by molar-refractivity contribution is 7.21. The number of pyridine rings is 1. The lowest BCUT2D eigenvalue weighted by Crippen LogP contribution is -2.39. The fourth-order valence-electron chi connectivity index (χ4n) is 4.57. The molecule has 1 saturated heterocycles. The summed E-state index contributed by atoms with van der Waals surface area (Å²) in [7, 11) is 0. The lowest BCUT2D eigenvalue weighted by atomic mass is 9.93. The average Bonchev–Trinajstić information content (AvgIpc) is 3.33. The van der Waals surface area contributed by atoms with Gasteiger partial charge < -0.3 is 21.7 Å². The number of nitrogens with one attached hydrogen (secondary N) is 1. The van der Waals surface area contributed by atoms with E-state index in [-0.39, 0.29) is 18.5 Å². The fraction of sp³-hybridized carbons (Fsp3) is 0.455. The molecular formula is C22H25F2N7OS. The van der Waals surface area contributed by atoms with Crippen LogP contribution in [0.25, 0.3) is 10.2 Å². The molecule has 5 rings (SSSR count). The molecule has 5 N–H and O–H groups in total. The first kappa shape index (κ1) is 21.9. The normalized spacial score (nSPS) is 22.7. The number of hydrogen-bond donors (Lipinski definition) is 3. The quantitative estimate of drug-likeness (QED) is 0.531. The number of aromatic nitrogens is 3. The van der Waals surface area contributed by atoms with Gasteiger partial charge >= 0.3 is 0 Å². The largest absolute Gasteiger partial charge is 0.397 e. The number of thiophene rings is 1. The van der Waals surface area contributed by atoms with Crippen molar-refractivity contribution in [3.8, 4) is 0 Å². The van der Waals surface area contributed by atoms with Gasteiger partial charge in [0.15, 0.2) is 0 Å². The van der Waals surface area contributed by atoms with Crippen LogP contribution in [0.5, 0.6) is 0 Å². The second kappa shape index (κ2) is 8.45. The van der Waals surface area contributed by atoms with Crippen LogP contribution in [-0.4, -0.2) is 52.5 Å². The minimum absolute atomic E-state index is 0.0674. The molecule has 0 bridgehead atoms. The Morgan fingerprint density at radius 2 is 2.12 bits per heavy atom. The van der Waals surface area contributed by atoms with Crippen LogP contribution in [0.4, 0.5) is 20.4 Å². The van der Waals surface area contributed by atoms with Crippen molar-refractivity contribution in [3.63, 3.8) is 0 Å². The fourth-order valence-corrected chi connectivity index (χ4v) is 5.61. The van der Waals surface area contributed by atoms with E-state index in [4.69, 9.17) is 11.5 Å². The summed E-state index contributed by atoms with van der Waals surface area (Å²) in [5.41, 5.74) is 15.3. The molecule has 11 heteroatoms. The summed E-state index contributed by atoms with van der Waals surface area (Å²) in [6, 6.07) is 3.11. The number of aryl methyl sites for hydroxylation is 2. The average molecular weight is 474 g/mol. The molecule has 1 aliphatic heterocycles. The number of nitrogens with two attached hydrogens (primary N) is 2. The van der Waals surface area contributed by atoms with Crippen LogP contribution in [0, 0.1) is 12.8 Å². The van der Waals surface area contributed by atoms with Crippen LogP contribution < -0.4 is 21.7 Å². The van der Waals surface area contributed by atoms with Gasteiger partial charge in [-0.25, -0.2) is 23.7 Å². The molecule has 2 aliphatic rings. The van der Waals surface area contributed by atoms with Crippen LogP contribution >= 0.6 is 11.3 Å². The van der Waals surface area contributed by atoms with Crippen molar-refractivity contribution in [2.75, 3.05) is 23.7 Å². The minimum atomic E-state index is -2.46. The summed E-state index contributed by atoms with van der Waals surface area (Å²) in [6.45, 7) is 2.37. The molecule has 3 atom stereocenters. The molecule has 0 radical (unpaired) electrons. The zero-order valence-electron chi connectivity index (χ0n) is 18.1. The van der Waals surface area contributed by atoms with Gasteiger partial charge in [0.2, 0.25) is 12.4 Å². The third-order valence-corrected chi connectivity index (χ3v) is 7.54. The molecule has 0 aromatic carbocycles. The van der Waals surface area contributed by atoms with Gasteiger partial charge in [0, 0.05) is 48.1 Å². The van der Waals surface area contributed by atoms with E-state index in [1.54, 1.807) is 11.1 Å². The molecule has 8 nitrogen and oxygen atoms in total. The van der Waals surface area contributed by atoms with Crippen LogP contribution in [0.15, 0.2) is 18.3 Å². The Balaban J connectivity index is 1.27. The molecule has 0 spiro atoms. The first-order valence-electron chi connectivity index (χ1n) is 10.9. The number of rotatable bonds is 4. The summed E-state index contributed by atoms with van der Waals surface area (Å²) >= 11 is 1.30. The van der Waals surface area contributed by atoms with Gasteiger partial charge in [0.05, 0.1) is 11.6 Å². The number of nitrogen functional groups attached to an aromatic ring is 1. The van der Waals surface area contributed by atoms with Crippen molar-refractivity contribution in [3.05, 3.63) is 40.2 Å². The SMILES string of the molecule is Cc1ccc2c(N)c(C(=O)N[C@@H]3CCc4nc(N5C[C@H](C(F)F)[C@@H](N)C5)ncc4C3)sc2n1. The predicted molar refractivity (Wildman–Crippen MR) is 124 cm³/mol. The summed E-state index contributed by atoms with van der Waals surface area (Å²) < 4.78 is 26.3. The van der Waals surface area contributed by atoms with E-state index in [0.717, 1.165) is 33.6 Å². The molecular weight excluding hydrogens is 448 g/mol. The maximum atomic E-state index is 13.1. The number of fused-ring (bicyclic) bond motifs is 2. The Labute approximate surface area is 193 Å². The predicted octanol–water partition coefficient (Wildman–Crippen LogP) is 2.29. The third-order valence-electron chi connectivity index (χ3n) is 6.43. The van der Waals surface area contributed by atoms with Gasteiger partial charge in [-0.1, -0.05) is 0 Å². The van der Waals surface area contributed by atoms with Crippen molar-refractivity contribution in [1.29, 1.82) is 0 Å². The van der Waals surface area contributed by atoms with Crippen molar-refractivity contribution >= 4 is 39.1 Å². The monoisotopic (exact) mass is 473 g/mol. The van der Waals surface area contributed by atoms with E-state index < -0.39 is 18.4 Å². The number of nitrogens with zero attached hydrogens (tertiary/aromatic N) is 4. The van der Waals surface area contributed by atoms with Gasteiger partial charge in [0.25, 0.3) is 5.91 Å². The number of hydrogen-bond acceptors (Lipinski definition) is 8. The Hall–Kier alpha value is -2.92. The zero-order valence-corrected chi connectivity index (χ0v) is 18.9. The van der Waals surface area contributed by atoms with E-state index in [1.807, 2.05) is 19.1 Å². The van der Waals surface area contributed by atoms with Crippen LogP contribution in [0.3, 0.4) is 0 Å². The van der Waals surface area contributed by atoms with Crippen LogP contribution in [0.2, 0.25) is 0 Å². The van der Waals surface area contributed by atoms with Crippen LogP contribution in [0.1, 0.15) is 33.0 Å². The molecule has 1 aliphatic carbocycles. The van der Waals surface area contributed by atoms with E-state index >= 15 is 0 Å². The molecule has 1 amide bonds. The first-order valence-corrected chi connectivity index (χ1v) is 11.7. The zero-order chi connectivity index (χ0) is 23.3. The summed E-state index contributed by atoms with van der Waals surface area (Å²) in [5.74, 6) is -0.636. The molecule has 3 aromatic rings. The Kier molecular flexibility index (Phi) is 5.61. The smallest absolute Gasteiger partial charge is 0.263 e. The Morgan fingerprint density at radius 3 is 2.88 bits per heavy atom. The van der Waals surface area contributed by atoms with E-state index in [2.05, 4.69) is 20.3 Å². The molecule has 174 valence electrons. The molecule has 33 heavy (non-hydrogen) atoms. The highest BCUT2D eigenvalue weighted by Crippen LogP contribution is 2.33. The second-order valence-electron chi connectivity index (χ2n) is 8.77. The third kappa shape index (κ3) is 4.10. The highest BCUT2D eigenvalue weighted by Gasteiger charge is 2.37. The van der Waals surface area contributed by atoms with Crippen molar-refractivity contribution in [2.24, 2.45) is 11.7 Å². The maximum Gasteiger partial charge on any atom is 0.263 e. The van der Waals surface area contributed by atoms with Crippen molar-refractivity contribution in [1.82, 2.24) is 20.3 Å². The van der Waals surface area contributed by atoms with Crippen molar-refractivity contribution < 1.29 is 13.6 Å². The molecule has 0 unspecified atom stereocenters. The number of alkyl halides is 2. The number of amides is 1. The summed E-state index contributed by atoms with van der Waals surface area (Å²) in [5, 5.41) is 3.88. The highest BCUT2D eigenvalue weighted by atomic mass is 32.1. The van der Waals surface area contributed by atoms with Gasteiger partial charge in [-0.05, 0) is 43.9 Å². The maximum absolute atomic E-state index is 13.1. The van der Waals surface area contributed by atoms with Gasteiger partial charge in [-0.15, -0.1) is 11.3 Å². The summed E-state index contributed by atoms with van der Waals surface area (Å²) in [6.07, 6.45) is 1.26. The lowest BCUT2D eigenvalue weighted by Gasteiger charge is -2.26. The number of carbonyl (C=O) groups is 1.